The molecule has 0 N–H and O–H groups in total. The summed E-state index contributed by atoms with van der Waals surface area (Å²) in [5.74, 6) is 2.12. The normalized spacial score (nSPS) is 29.4. The van der Waals surface area contributed by atoms with Crippen LogP contribution >= 0.6 is 8.03 Å². The van der Waals surface area contributed by atoms with Crippen LogP contribution in [0.15, 0.2) is 30.3 Å². The Hall–Kier alpha value is -0.325. The standard InChI is InChI=1S/C16H25BOP/c1-12(2)15-10-9-13(3)11-16(15)18-19(17)14-7-5-4-6-8-14/h4-8,12-13,15-16,19H,9-11H2,1-3H3/t13-,15+,16-/m1/s1. The first-order chi connectivity index (χ1) is 9.08. The highest BCUT2D eigenvalue weighted by molar-refractivity contribution is 7.84. The Balaban J connectivity index is 2.02. The van der Waals surface area contributed by atoms with Crippen LogP contribution in [0, 0.1) is 17.8 Å². The first-order valence-corrected chi connectivity index (χ1v) is 8.91. The third kappa shape index (κ3) is 4.07. The molecule has 1 aliphatic carbocycles. The second-order valence-electron chi connectivity index (χ2n) is 6.21. The van der Waals surface area contributed by atoms with E-state index in [9.17, 15) is 0 Å². The third-order valence-electron chi connectivity index (χ3n) is 4.30. The lowest BCUT2D eigenvalue weighted by Gasteiger charge is -2.38. The Labute approximate surface area is 120 Å². The van der Waals surface area contributed by atoms with Gasteiger partial charge in [0.2, 0.25) is 0 Å². The summed E-state index contributed by atoms with van der Waals surface area (Å²) in [5, 5.41) is 1.17. The van der Waals surface area contributed by atoms with Crippen molar-refractivity contribution in [2.24, 2.45) is 17.8 Å². The van der Waals surface area contributed by atoms with Gasteiger partial charge in [-0.3, -0.25) is 12.1 Å². The van der Waals surface area contributed by atoms with E-state index in [0.29, 0.717) is 17.9 Å². The van der Waals surface area contributed by atoms with Gasteiger partial charge in [-0.25, -0.2) is 0 Å². The Morgan fingerprint density at radius 2 is 1.89 bits per heavy atom. The van der Waals surface area contributed by atoms with Crippen LogP contribution in [0.3, 0.4) is 0 Å². The van der Waals surface area contributed by atoms with E-state index in [0.717, 1.165) is 5.92 Å². The van der Waals surface area contributed by atoms with Crippen molar-refractivity contribution in [3.63, 3.8) is 0 Å². The molecule has 0 bridgehead atoms. The topological polar surface area (TPSA) is 9.23 Å². The molecule has 2 rings (SSSR count). The first-order valence-electron chi connectivity index (χ1n) is 7.42. The SMILES string of the molecule is [B-][PH+](O[C@@H]1C[C@H](C)CC[C@H]1C(C)C)c1ccccc1. The molecule has 19 heavy (non-hydrogen) atoms. The van der Waals surface area contributed by atoms with Crippen molar-refractivity contribution >= 4 is 20.9 Å². The van der Waals surface area contributed by atoms with E-state index < -0.39 is 8.03 Å². The van der Waals surface area contributed by atoms with Crippen molar-refractivity contribution < 1.29 is 4.52 Å². The summed E-state index contributed by atoms with van der Waals surface area (Å²) in [6.45, 7) is 6.95. The molecular weight excluding hydrogens is 250 g/mol. The predicted octanol–water partition coefficient (Wildman–Crippen LogP) is 4.00. The highest BCUT2D eigenvalue weighted by Crippen LogP contribution is 2.42. The third-order valence-corrected chi connectivity index (χ3v) is 5.76. The lowest BCUT2D eigenvalue weighted by Crippen LogP contribution is -2.33. The Morgan fingerprint density at radius 1 is 1.21 bits per heavy atom. The Kier molecular flexibility index (Phi) is 5.48. The summed E-state index contributed by atoms with van der Waals surface area (Å²) in [5.41, 5.74) is 0. The van der Waals surface area contributed by atoms with Crippen molar-refractivity contribution in [2.45, 2.75) is 46.1 Å². The lowest BCUT2D eigenvalue weighted by atomic mass is 9.75. The molecule has 0 amide bonds. The molecule has 103 valence electrons. The maximum absolute atomic E-state index is 6.31. The lowest BCUT2D eigenvalue weighted by molar-refractivity contribution is 0.0583. The van der Waals surface area contributed by atoms with E-state index in [1.165, 1.54) is 24.6 Å². The van der Waals surface area contributed by atoms with Crippen molar-refractivity contribution in [1.29, 1.82) is 0 Å². The minimum Gasteiger partial charge on any atom is -0.288 e. The van der Waals surface area contributed by atoms with Gasteiger partial charge in [-0.1, -0.05) is 53.4 Å². The first kappa shape index (κ1) is 15.1. The second kappa shape index (κ2) is 6.91. The van der Waals surface area contributed by atoms with E-state index in [1.807, 2.05) is 18.2 Å². The zero-order valence-electron chi connectivity index (χ0n) is 12.3. The molecule has 4 atom stereocenters. The van der Waals surface area contributed by atoms with Crippen LogP contribution in [-0.2, 0) is 4.52 Å². The number of hydrogen-bond acceptors (Lipinski definition) is 1. The summed E-state index contributed by atoms with van der Waals surface area (Å²) < 4.78 is 6.30. The molecule has 0 heterocycles. The molecule has 1 aliphatic rings. The fourth-order valence-electron chi connectivity index (χ4n) is 3.08. The molecule has 1 unspecified atom stereocenters. The summed E-state index contributed by atoms with van der Waals surface area (Å²) in [4.78, 5) is 0. The van der Waals surface area contributed by atoms with Crippen LogP contribution in [-0.4, -0.2) is 13.7 Å². The van der Waals surface area contributed by atoms with Crippen LogP contribution in [0.2, 0.25) is 0 Å². The van der Waals surface area contributed by atoms with Gasteiger partial charge in [0.15, 0.2) is 0 Å². The van der Waals surface area contributed by atoms with Crippen molar-refractivity contribution in [2.75, 3.05) is 0 Å². The Bertz CT molecular complexity index is 382. The van der Waals surface area contributed by atoms with Gasteiger partial charge in [0, 0.05) is 0 Å². The molecule has 1 nitrogen and oxygen atoms in total. The van der Waals surface area contributed by atoms with Gasteiger partial charge < -0.3 is 0 Å². The van der Waals surface area contributed by atoms with Crippen LogP contribution in [0.5, 0.6) is 0 Å². The number of rotatable bonds is 4. The van der Waals surface area contributed by atoms with Gasteiger partial charge in [0.05, 0.1) is 11.4 Å². The molecule has 0 spiro atoms. The van der Waals surface area contributed by atoms with E-state index in [2.05, 4.69) is 32.9 Å². The molecule has 1 aromatic carbocycles. The van der Waals surface area contributed by atoms with Gasteiger partial charge in [-0.15, -0.1) is 0 Å². The molecule has 0 saturated heterocycles. The molecule has 3 radical (unpaired) electrons. The summed E-state index contributed by atoms with van der Waals surface area (Å²) in [6, 6.07) is 10.3. The van der Waals surface area contributed by atoms with Gasteiger partial charge in [0.25, 0.3) is 0 Å². The second-order valence-corrected chi connectivity index (χ2v) is 7.75. The highest BCUT2D eigenvalue weighted by Gasteiger charge is 2.33. The number of benzene rings is 1. The zero-order chi connectivity index (χ0) is 13.8. The molecule has 1 fully saturated rings. The minimum atomic E-state index is -1.35. The van der Waals surface area contributed by atoms with Gasteiger partial charge in [-0.2, -0.15) is 0 Å². The maximum atomic E-state index is 6.31. The Morgan fingerprint density at radius 3 is 2.53 bits per heavy atom. The number of hydrogen-bond donors (Lipinski definition) is 0. The predicted molar refractivity (Wildman–Crippen MR) is 86.4 cm³/mol. The van der Waals surface area contributed by atoms with Crippen molar-refractivity contribution in [3.8, 4) is 0 Å². The van der Waals surface area contributed by atoms with Gasteiger partial charge in [0.1, 0.15) is 0 Å². The van der Waals surface area contributed by atoms with Crippen LogP contribution < -0.4 is 5.30 Å². The van der Waals surface area contributed by atoms with Crippen LogP contribution in [0.4, 0.5) is 0 Å². The zero-order valence-corrected chi connectivity index (χ0v) is 13.3. The monoisotopic (exact) mass is 275 g/mol. The van der Waals surface area contributed by atoms with Gasteiger partial charge >= 0.3 is 0 Å². The minimum absolute atomic E-state index is 0.350. The molecular formula is C16H25BOP. The molecule has 1 saturated carbocycles. The fraction of sp³-hybridized carbons (Fsp3) is 0.625. The summed E-state index contributed by atoms with van der Waals surface area (Å²) in [7, 11) is 4.96. The maximum Gasteiger partial charge on any atom is 0.0984 e. The highest BCUT2D eigenvalue weighted by atomic mass is 31.1. The molecule has 0 aliphatic heterocycles. The average Bonchev–Trinajstić information content (AvgIpc) is 2.39. The van der Waals surface area contributed by atoms with E-state index in [4.69, 9.17) is 12.1 Å². The van der Waals surface area contributed by atoms with Crippen molar-refractivity contribution in [1.82, 2.24) is 0 Å². The average molecular weight is 275 g/mol. The fourth-order valence-corrected chi connectivity index (χ4v) is 4.34. The van der Waals surface area contributed by atoms with E-state index in [-0.39, 0.29) is 0 Å². The largest absolute Gasteiger partial charge is 0.288 e. The molecule has 1 aromatic rings. The van der Waals surface area contributed by atoms with Crippen LogP contribution in [0.1, 0.15) is 40.0 Å². The van der Waals surface area contributed by atoms with Crippen molar-refractivity contribution in [3.05, 3.63) is 30.3 Å². The molecule has 3 heteroatoms. The van der Waals surface area contributed by atoms with Crippen LogP contribution in [0.25, 0.3) is 0 Å². The van der Waals surface area contributed by atoms with E-state index in [1.54, 1.807) is 0 Å². The summed E-state index contributed by atoms with van der Waals surface area (Å²) >= 11 is 0. The van der Waals surface area contributed by atoms with Gasteiger partial charge in [-0.05, 0) is 42.7 Å². The summed E-state index contributed by atoms with van der Waals surface area (Å²) in [6.07, 6.45) is 4.14. The quantitative estimate of drug-likeness (QED) is 0.596. The molecule has 0 aromatic heterocycles. The van der Waals surface area contributed by atoms with E-state index >= 15 is 0 Å². The smallest absolute Gasteiger partial charge is 0.0984 e.